The summed E-state index contributed by atoms with van der Waals surface area (Å²) in [5.41, 5.74) is 0. The average Bonchev–Trinajstić information content (AvgIpc) is 3.30. The number of rotatable bonds is 8. The third-order valence-electron chi connectivity index (χ3n) is 3.62. The van der Waals surface area contributed by atoms with Crippen LogP contribution in [0.1, 0.15) is 23.9 Å². The Hall–Kier alpha value is -2.40. The van der Waals surface area contributed by atoms with Crippen molar-refractivity contribution in [1.82, 2.24) is 5.32 Å². The van der Waals surface area contributed by atoms with Crippen LogP contribution in [0.15, 0.2) is 80.9 Å². The van der Waals surface area contributed by atoms with Crippen LogP contribution in [-0.4, -0.2) is 18.2 Å². The van der Waals surface area contributed by atoms with Crippen molar-refractivity contribution in [2.24, 2.45) is 0 Å². The van der Waals surface area contributed by atoms with Crippen molar-refractivity contribution in [2.45, 2.75) is 17.2 Å². The third-order valence-corrected chi connectivity index (χ3v) is 4.63. The highest BCUT2D eigenvalue weighted by molar-refractivity contribution is 7.99. The lowest BCUT2D eigenvalue weighted by atomic mass is 10.0. The van der Waals surface area contributed by atoms with Gasteiger partial charge in [-0.15, -0.1) is 11.8 Å². The highest BCUT2D eigenvalue weighted by atomic mass is 32.2. The molecule has 3 rings (SSSR count). The minimum Gasteiger partial charge on any atom is -0.469 e. The number of carbonyl (C=O) groups is 1. The maximum atomic E-state index is 12.1. The molecule has 24 heavy (non-hydrogen) atoms. The van der Waals surface area contributed by atoms with Gasteiger partial charge in [-0.25, -0.2) is 0 Å². The molecule has 124 valence electrons. The molecule has 1 amide bonds. The Morgan fingerprint density at radius 2 is 1.62 bits per heavy atom. The summed E-state index contributed by atoms with van der Waals surface area (Å²) >= 11 is 1.68. The van der Waals surface area contributed by atoms with E-state index in [1.807, 2.05) is 54.6 Å². The van der Waals surface area contributed by atoms with Crippen LogP contribution in [0.5, 0.6) is 0 Å². The van der Waals surface area contributed by atoms with E-state index in [1.54, 1.807) is 24.3 Å². The summed E-state index contributed by atoms with van der Waals surface area (Å²) in [7, 11) is 0. The summed E-state index contributed by atoms with van der Waals surface area (Å²) in [6, 6.07) is 17.5. The number of benzene rings is 1. The van der Waals surface area contributed by atoms with Gasteiger partial charge in [0.15, 0.2) is 0 Å². The van der Waals surface area contributed by atoms with Gasteiger partial charge in [0.25, 0.3) is 0 Å². The second-order valence-electron chi connectivity index (χ2n) is 5.30. The van der Waals surface area contributed by atoms with Gasteiger partial charge in [0.2, 0.25) is 5.91 Å². The molecule has 0 aliphatic rings. The van der Waals surface area contributed by atoms with E-state index >= 15 is 0 Å². The van der Waals surface area contributed by atoms with Crippen LogP contribution in [-0.2, 0) is 4.79 Å². The predicted octanol–water partition coefficient (Wildman–Crippen LogP) is 4.30. The quantitative estimate of drug-likeness (QED) is 0.621. The predicted molar refractivity (Wildman–Crippen MR) is 94.1 cm³/mol. The zero-order valence-electron chi connectivity index (χ0n) is 13.2. The molecule has 1 N–H and O–H groups in total. The van der Waals surface area contributed by atoms with Crippen LogP contribution in [0.2, 0.25) is 0 Å². The van der Waals surface area contributed by atoms with Gasteiger partial charge >= 0.3 is 0 Å². The van der Waals surface area contributed by atoms with Crippen molar-refractivity contribution in [3.63, 3.8) is 0 Å². The molecule has 0 bridgehead atoms. The summed E-state index contributed by atoms with van der Waals surface area (Å²) in [5.74, 6) is 2.23. The van der Waals surface area contributed by atoms with Gasteiger partial charge in [-0.1, -0.05) is 18.2 Å². The first-order chi connectivity index (χ1) is 11.8. The molecule has 4 nitrogen and oxygen atoms in total. The van der Waals surface area contributed by atoms with E-state index in [4.69, 9.17) is 8.83 Å². The standard InChI is InChI=1S/C19H19NO3S/c21-19(10-13-24-15-6-2-1-3-7-15)20-14-16(17-8-4-11-22-17)18-9-5-12-23-18/h1-9,11-12,16H,10,13-14H2,(H,20,21). The molecule has 0 atom stereocenters. The maximum absolute atomic E-state index is 12.1. The lowest BCUT2D eigenvalue weighted by Crippen LogP contribution is -2.28. The first-order valence-corrected chi connectivity index (χ1v) is 8.83. The minimum atomic E-state index is -0.110. The topological polar surface area (TPSA) is 55.4 Å². The molecule has 2 aromatic heterocycles. The second-order valence-corrected chi connectivity index (χ2v) is 6.47. The van der Waals surface area contributed by atoms with Crippen LogP contribution < -0.4 is 5.32 Å². The molecule has 0 aliphatic carbocycles. The Balaban J connectivity index is 1.49. The van der Waals surface area contributed by atoms with Crippen LogP contribution in [0.4, 0.5) is 0 Å². The summed E-state index contributed by atoms with van der Waals surface area (Å²) in [6.45, 7) is 0.454. The normalized spacial score (nSPS) is 10.9. The van der Waals surface area contributed by atoms with E-state index in [9.17, 15) is 4.79 Å². The van der Waals surface area contributed by atoms with E-state index in [0.29, 0.717) is 13.0 Å². The number of hydrogen-bond donors (Lipinski definition) is 1. The molecule has 2 heterocycles. The fourth-order valence-electron chi connectivity index (χ4n) is 2.40. The molecule has 0 radical (unpaired) electrons. The van der Waals surface area contributed by atoms with Gasteiger partial charge in [-0.2, -0.15) is 0 Å². The van der Waals surface area contributed by atoms with Gasteiger partial charge < -0.3 is 14.2 Å². The van der Waals surface area contributed by atoms with Crippen molar-refractivity contribution in [2.75, 3.05) is 12.3 Å². The Kier molecular flexibility index (Phi) is 5.80. The van der Waals surface area contributed by atoms with Crippen LogP contribution in [0, 0.1) is 0 Å². The average molecular weight is 341 g/mol. The SMILES string of the molecule is O=C(CCSc1ccccc1)NCC(c1ccco1)c1ccco1. The number of carbonyl (C=O) groups excluding carboxylic acids is 1. The summed E-state index contributed by atoms with van der Waals surface area (Å²) in [5, 5.41) is 2.97. The number of furan rings is 2. The molecule has 0 saturated heterocycles. The van der Waals surface area contributed by atoms with Gasteiger partial charge in [0.05, 0.1) is 18.4 Å². The van der Waals surface area contributed by atoms with Crippen molar-refractivity contribution in [3.8, 4) is 0 Å². The van der Waals surface area contributed by atoms with E-state index in [0.717, 1.165) is 17.3 Å². The maximum Gasteiger partial charge on any atom is 0.220 e. The molecule has 0 aliphatic heterocycles. The number of hydrogen-bond acceptors (Lipinski definition) is 4. The molecular formula is C19H19NO3S. The lowest BCUT2D eigenvalue weighted by Gasteiger charge is -2.13. The monoisotopic (exact) mass is 341 g/mol. The van der Waals surface area contributed by atoms with E-state index in [2.05, 4.69) is 5.32 Å². The molecule has 0 fully saturated rings. The molecule has 3 aromatic rings. The van der Waals surface area contributed by atoms with Gasteiger partial charge in [-0.3, -0.25) is 4.79 Å². The lowest BCUT2D eigenvalue weighted by molar-refractivity contribution is -0.120. The highest BCUT2D eigenvalue weighted by Gasteiger charge is 2.20. The molecule has 0 saturated carbocycles. The fraction of sp³-hybridized carbons (Fsp3) is 0.211. The third kappa shape index (κ3) is 4.55. The summed E-state index contributed by atoms with van der Waals surface area (Å²) in [6.07, 6.45) is 3.73. The zero-order chi connectivity index (χ0) is 16.6. The first kappa shape index (κ1) is 16.5. The number of thioether (sulfide) groups is 1. The van der Waals surface area contributed by atoms with E-state index in [1.165, 1.54) is 4.90 Å². The fourth-order valence-corrected chi connectivity index (χ4v) is 3.28. The van der Waals surface area contributed by atoms with Crippen LogP contribution in [0.3, 0.4) is 0 Å². The van der Waals surface area contributed by atoms with Gasteiger partial charge in [0.1, 0.15) is 11.5 Å². The van der Waals surface area contributed by atoms with Gasteiger partial charge in [0, 0.05) is 23.6 Å². The van der Waals surface area contributed by atoms with Crippen molar-refractivity contribution in [1.29, 1.82) is 0 Å². The molecule has 0 unspecified atom stereocenters. The Labute approximate surface area is 145 Å². The van der Waals surface area contributed by atoms with Crippen LogP contribution >= 0.6 is 11.8 Å². The molecular weight excluding hydrogens is 322 g/mol. The van der Waals surface area contributed by atoms with E-state index in [-0.39, 0.29) is 11.8 Å². The first-order valence-electron chi connectivity index (χ1n) is 7.84. The smallest absolute Gasteiger partial charge is 0.220 e. The summed E-state index contributed by atoms with van der Waals surface area (Å²) in [4.78, 5) is 13.3. The Morgan fingerprint density at radius 3 is 2.21 bits per heavy atom. The Bertz CT molecular complexity index is 689. The van der Waals surface area contributed by atoms with Crippen LogP contribution in [0.25, 0.3) is 0 Å². The second kappa shape index (κ2) is 8.45. The number of amides is 1. The largest absolute Gasteiger partial charge is 0.469 e. The summed E-state index contributed by atoms with van der Waals surface area (Å²) < 4.78 is 11.0. The van der Waals surface area contributed by atoms with Crippen molar-refractivity contribution >= 4 is 17.7 Å². The highest BCUT2D eigenvalue weighted by Crippen LogP contribution is 2.25. The van der Waals surface area contributed by atoms with Crippen molar-refractivity contribution < 1.29 is 13.6 Å². The molecule has 5 heteroatoms. The number of nitrogens with one attached hydrogen (secondary N) is 1. The Morgan fingerprint density at radius 1 is 0.958 bits per heavy atom. The molecule has 0 spiro atoms. The zero-order valence-corrected chi connectivity index (χ0v) is 14.0. The minimum absolute atomic E-state index is 0.0292. The molecule has 1 aromatic carbocycles. The van der Waals surface area contributed by atoms with Gasteiger partial charge in [-0.05, 0) is 36.4 Å². The van der Waals surface area contributed by atoms with Crippen molar-refractivity contribution in [3.05, 3.63) is 78.6 Å². The van der Waals surface area contributed by atoms with E-state index < -0.39 is 0 Å².